The number of benzene rings is 2. The number of hydrogen-bond acceptors (Lipinski definition) is 6. The summed E-state index contributed by atoms with van der Waals surface area (Å²) >= 11 is 5.99. The van der Waals surface area contributed by atoms with Crippen LogP contribution in [0.5, 0.6) is 0 Å². The fourth-order valence-electron chi connectivity index (χ4n) is 3.26. The van der Waals surface area contributed by atoms with Crippen LogP contribution in [0, 0.1) is 0 Å². The van der Waals surface area contributed by atoms with Gasteiger partial charge in [-0.1, -0.05) is 11.6 Å². The van der Waals surface area contributed by atoms with Crippen LogP contribution in [-0.4, -0.2) is 41.6 Å². The first kappa shape index (κ1) is 20.6. The summed E-state index contributed by atoms with van der Waals surface area (Å²) in [6, 6.07) is 9.62. The van der Waals surface area contributed by atoms with E-state index in [1.807, 2.05) is 6.66 Å². The molecule has 3 aromatic rings. The maximum Gasteiger partial charge on any atom is 0.266 e. The number of aromatic nitrogens is 2. The van der Waals surface area contributed by atoms with Crippen LogP contribution in [-0.2, 0) is 9.32 Å². The Kier molecular flexibility index (Phi) is 5.66. The number of anilines is 1. The zero-order chi connectivity index (χ0) is 21.4. The summed E-state index contributed by atoms with van der Waals surface area (Å²) in [6.45, 7) is 2.38. The van der Waals surface area contributed by atoms with Crippen molar-refractivity contribution < 1.29 is 14.1 Å². The number of rotatable bonds is 6. The van der Waals surface area contributed by atoms with Crippen molar-refractivity contribution in [3.8, 4) is 5.69 Å². The molecule has 1 aliphatic heterocycles. The summed E-state index contributed by atoms with van der Waals surface area (Å²) in [5.74, 6) is -0.535. The first-order chi connectivity index (χ1) is 14.4. The Bertz CT molecular complexity index is 1240. The molecule has 1 aromatic heterocycles. The number of amides is 1. The lowest BCUT2D eigenvalue weighted by Crippen LogP contribution is -2.21. The molecule has 4 rings (SSSR count). The van der Waals surface area contributed by atoms with E-state index in [1.165, 1.54) is 4.57 Å². The molecule has 1 atom stereocenters. The molecule has 1 unspecified atom stereocenters. The highest BCUT2D eigenvalue weighted by Crippen LogP contribution is 2.29. The Morgan fingerprint density at radius 3 is 2.80 bits per heavy atom. The third-order valence-electron chi connectivity index (χ3n) is 4.76. The van der Waals surface area contributed by atoms with Gasteiger partial charge in [-0.2, -0.15) is 0 Å². The molecule has 30 heavy (non-hydrogen) atoms. The highest BCUT2D eigenvalue weighted by Gasteiger charge is 2.30. The SMILES string of the molecule is COP(C)NCCC(=O)Nc1ccc2c(c1)C(=O)c1nc3cc(Cl)ccc3c(=O)n1-2. The third kappa shape index (κ3) is 3.75. The van der Waals surface area contributed by atoms with Crippen LogP contribution in [0.15, 0.2) is 41.2 Å². The molecule has 0 saturated heterocycles. The van der Waals surface area contributed by atoms with Crippen LogP contribution in [0.4, 0.5) is 5.69 Å². The van der Waals surface area contributed by atoms with Gasteiger partial charge in [0.2, 0.25) is 11.7 Å². The van der Waals surface area contributed by atoms with Crippen molar-refractivity contribution in [1.82, 2.24) is 14.6 Å². The lowest BCUT2D eigenvalue weighted by atomic mass is 10.1. The van der Waals surface area contributed by atoms with Crippen LogP contribution in [0.3, 0.4) is 0 Å². The number of carbonyl (C=O) groups is 2. The average molecular weight is 445 g/mol. The van der Waals surface area contributed by atoms with Crippen molar-refractivity contribution in [2.45, 2.75) is 6.42 Å². The minimum Gasteiger partial charge on any atom is -0.347 e. The lowest BCUT2D eigenvalue weighted by Gasteiger charge is -2.11. The molecule has 0 bridgehead atoms. The highest BCUT2D eigenvalue weighted by molar-refractivity contribution is 7.49. The molecule has 0 fully saturated rings. The summed E-state index contributed by atoms with van der Waals surface area (Å²) in [6.07, 6.45) is 0.258. The molecule has 0 radical (unpaired) electrons. The molecular weight excluding hydrogens is 427 g/mol. The molecule has 2 N–H and O–H groups in total. The van der Waals surface area contributed by atoms with Crippen molar-refractivity contribution in [2.24, 2.45) is 0 Å². The van der Waals surface area contributed by atoms with Crippen molar-refractivity contribution in [1.29, 1.82) is 0 Å². The standard InChI is InChI=1S/C20H18ClN4O4P/c1-29-30(2)22-8-7-17(26)23-12-4-6-16-14(10-12)18(27)19-24-15-9-11(21)3-5-13(15)20(28)25(16)19/h3-6,9-10,22H,7-8H2,1-2H3,(H,23,26). The van der Waals surface area contributed by atoms with E-state index in [2.05, 4.69) is 15.4 Å². The number of nitrogens with zero attached hydrogens (tertiary/aromatic N) is 2. The van der Waals surface area contributed by atoms with Gasteiger partial charge in [0.25, 0.3) is 5.56 Å². The van der Waals surface area contributed by atoms with Crippen LogP contribution in [0.2, 0.25) is 5.02 Å². The number of carbonyl (C=O) groups excluding carboxylic acids is 2. The average Bonchev–Trinajstić information content (AvgIpc) is 2.99. The predicted molar refractivity (Wildman–Crippen MR) is 117 cm³/mol. The molecule has 0 aliphatic carbocycles. The molecule has 0 saturated carbocycles. The van der Waals surface area contributed by atoms with Crippen molar-refractivity contribution >= 4 is 48.2 Å². The zero-order valence-corrected chi connectivity index (χ0v) is 17.9. The van der Waals surface area contributed by atoms with Gasteiger partial charge in [0.1, 0.15) is 0 Å². The quantitative estimate of drug-likeness (QED) is 0.443. The first-order valence-corrected chi connectivity index (χ1v) is 11.2. The first-order valence-electron chi connectivity index (χ1n) is 9.11. The summed E-state index contributed by atoms with van der Waals surface area (Å²) in [5.41, 5.74) is 1.27. The largest absolute Gasteiger partial charge is 0.347 e. The van der Waals surface area contributed by atoms with Gasteiger partial charge < -0.3 is 9.84 Å². The van der Waals surface area contributed by atoms with Crippen LogP contribution >= 0.6 is 19.9 Å². The van der Waals surface area contributed by atoms with E-state index in [0.29, 0.717) is 39.4 Å². The summed E-state index contributed by atoms with van der Waals surface area (Å²) in [5, 5.41) is 6.69. The molecule has 154 valence electrons. The molecule has 1 amide bonds. The zero-order valence-electron chi connectivity index (χ0n) is 16.2. The molecule has 2 aromatic carbocycles. The lowest BCUT2D eigenvalue weighted by molar-refractivity contribution is -0.116. The van der Waals surface area contributed by atoms with E-state index in [-0.39, 0.29) is 29.5 Å². The van der Waals surface area contributed by atoms with Crippen molar-refractivity contribution in [3.05, 3.63) is 63.2 Å². The topological polar surface area (TPSA) is 102 Å². The second-order valence-electron chi connectivity index (χ2n) is 6.68. The number of hydrogen-bond donors (Lipinski definition) is 2. The number of ketones is 1. The van der Waals surface area contributed by atoms with Crippen molar-refractivity contribution in [2.75, 3.05) is 25.6 Å². The monoisotopic (exact) mass is 444 g/mol. The second kappa shape index (κ2) is 8.24. The van der Waals surface area contributed by atoms with Gasteiger partial charge >= 0.3 is 0 Å². The summed E-state index contributed by atoms with van der Waals surface area (Å²) in [4.78, 5) is 42.4. The van der Waals surface area contributed by atoms with E-state index >= 15 is 0 Å². The normalized spacial score (nSPS) is 13.2. The van der Waals surface area contributed by atoms with E-state index < -0.39 is 8.30 Å². The molecule has 1 aliphatic rings. The minimum atomic E-state index is -0.746. The van der Waals surface area contributed by atoms with Gasteiger partial charge in [0, 0.05) is 30.8 Å². The van der Waals surface area contributed by atoms with Gasteiger partial charge in [0.15, 0.2) is 5.82 Å². The molecular formula is C20H18ClN4O4P. The maximum atomic E-state index is 12.9. The van der Waals surface area contributed by atoms with Gasteiger partial charge in [0.05, 0.1) is 30.5 Å². The summed E-state index contributed by atoms with van der Waals surface area (Å²) in [7, 11) is 0.861. The van der Waals surface area contributed by atoms with Gasteiger partial charge in [-0.15, -0.1) is 0 Å². The number of fused-ring (bicyclic) bond motifs is 4. The van der Waals surface area contributed by atoms with Crippen LogP contribution in [0.25, 0.3) is 16.6 Å². The smallest absolute Gasteiger partial charge is 0.266 e. The molecule has 0 spiro atoms. The van der Waals surface area contributed by atoms with Crippen molar-refractivity contribution in [3.63, 3.8) is 0 Å². The Morgan fingerprint density at radius 2 is 2.03 bits per heavy atom. The molecule has 10 heteroatoms. The Labute approximate surface area is 178 Å². The maximum absolute atomic E-state index is 12.9. The molecule has 8 nitrogen and oxygen atoms in total. The Hall–Kier alpha value is -2.64. The highest BCUT2D eigenvalue weighted by atomic mass is 35.5. The number of halogens is 1. The van der Waals surface area contributed by atoms with E-state index in [4.69, 9.17) is 16.1 Å². The summed E-state index contributed by atoms with van der Waals surface area (Å²) < 4.78 is 6.43. The Balaban J connectivity index is 1.61. The fraction of sp³-hybridized carbons (Fsp3) is 0.200. The van der Waals surface area contributed by atoms with E-state index in [0.717, 1.165) is 0 Å². The predicted octanol–water partition coefficient (Wildman–Crippen LogP) is 3.09. The van der Waals surface area contributed by atoms with Gasteiger partial charge in [-0.25, -0.2) is 4.98 Å². The molecule has 2 heterocycles. The minimum absolute atomic E-state index is 0.0355. The third-order valence-corrected chi connectivity index (χ3v) is 6.21. The van der Waals surface area contributed by atoms with Gasteiger partial charge in [-0.05, 0) is 43.1 Å². The second-order valence-corrected chi connectivity index (χ2v) is 8.80. The van der Waals surface area contributed by atoms with Crippen LogP contribution < -0.4 is 16.0 Å². The fourth-order valence-corrected chi connectivity index (χ4v) is 3.98. The Morgan fingerprint density at radius 1 is 1.23 bits per heavy atom. The van der Waals surface area contributed by atoms with E-state index in [9.17, 15) is 14.4 Å². The van der Waals surface area contributed by atoms with E-state index in [1.54, 1.807) is 43.5 Å². The van der Waals surface area contributed by atoms with Gasteiger partial charge in [-0.3, -0.25) is 24.0 Å². The van der Waals surface area contributed by atoms with Crippen LogP contribution in [0.1, 0.15) is 22.6 Å². The number of nitrogens with one attached hydrogen (secondary N) is 2.